The van der Waals surface area contributed by atoms with Crippen LogP contribution in [0.2, 0.25) is 5.02 Å². The molecule has 1 saturated heterocycles. The molecule has 0 aliphatic carbocycles. The van der Waals surface area contributed by atoms with E-state index < -0.39 is 9.84 Å². The molecule has 0 spiro atoms. The number of hydrogen-bond donors (Lipinski definition) is 1. The van der Waals surface area contributed by atoms with E-state index in [1.54, 1.807) is 13.2 Å². The van der Waals surface area contributed by atoms with Crippen molar-refractivity contribution in [2.45, 2.75) is 19.0 Å². The fourth-order valence-electron chi connectivity index (χ4n) is 2.10. The zero-order valence-corrected chi connectivity index (χ0v) is 11.7. The smallest absolute Gasteiger partial charge is 0.151 e. The van der Waals surface area contributed by atoms with Crippen LogP contribution in [0.15, 0.2) is 18.2 Å². The largest absolute Gasteiger partial charge is 0.496 e. The number of nitrogens with one attached hydrogen (secondary N) is 1. The van der Waals surface area contributed by atoms with Crippen molar-refractivity contribution in [3.05, 3.63) is 28.8 Å². The van der Waals surface area contributed by atoms with Crippen LogP contribution in [0.25, 0.3) is 0 Å². The quantitative estimate of drug-likeness (QED) is 0.915. The van der Waals surface area contributed by atoms with E-state index >= 15 is 0 Å². The predicted octanol–water partition coefficient (Wildman–Crippen LogP) is 1.63. The fourth-order valence-corrected chi connectivity index (χ4v) is 4.00. The lowest BCUT2D eigenvalue weighted by Crippen LogP contribution is -2.29. The molecule has 2 rings (SSSR count). The Bertz CT molecular complexity index is 530. The van der Waals surface area contributed by atoms with Crippen molar-refractivity contribution in [2.75, 3.05) is 18.6 Å². The molecule has 0 bridgehead atoms. The first-order chi connectivity index (χ1) is 8.50. The van der Waals surface area contributed by atoms with Gasteiger partial charge in [0.15, 0.2) is 9.84 Å². The molecule has 100 valence electrons. The molecule has 0 saturated carbocycles. The number of ether oxygens (including phenoxy) is 1. The summed E-state index contributed by atoms with van der Waals surface area (Å²) in [6.45, 7) is 0.559. The second-order valence-electron chi connectivity index (χ2n) is 4.44. The van der Waals surface area contributed by atoms with Gasteiger partial charge in [-0.2, -0.15) is 0 Å². The van der Waals surface area contributed by atoms with Crippen molar-refractivity contribution in [3.8, 4) is 5.75 Å². The molecule has 0 amide bonds. The first-order valence-corrected chi connectivity index (χ1v) is 7.96. The van der Waals surface area contributed by atoms with Gasteiger partial charge in [0.1, 0.15) is 5.75 Å². The summed E-state index contributed by atoms with van der Waals surface area (Å²) in [5.41, 5.74) is 0.939. The molecule has 1 aromatic carbocycles. The Morgan fingerprint density at radius 2 is 2.28 bits per heavy atom. The molecule has 18 heavy (non-hydrogen) atoms. The molecular weight excluding hydrogens is 274 g/mol. The van der Waals surface area contributed by atoms with E-state index in [1.165, 1.54) is 0 Å². The Hall–Kier alpha value is -0.780. The van der Waals surface area contributed by atoms with Crippen LogP contribution >= 0.6 is 11.6 Å². The highest BCUT2D eigenvalue weighted by molar-refractivity contribution is 7.91. The highest BCUT2D eigenvalue weighted by atomic mass is 35.5. The summed E-state index contributed by atoms with van der Waals surface area (Å²) in [5.74, 6) is 1.25. The summed E-state index contributed by atoms with van der Waals surface area (Å²) in [5, 5.41) is 3.88. The zero-order valence-electron chi connectivity index (χ0n) is 10.1. The van der Waals surface area contributed by atoms with Crippen LogP contribution < -0.4 is 10.1 Å². The number of halogens is 1. The van der Waals surface area contributed by atoms with Gasteiger partial charge in [0, 0.05) is 23.2 Å². The normalized spacial score (nSPS) is 22.0. The zero-order chi connectivity index (χ0) is 13.2. The standard InChI is InChI=1S/C12H16ClNO3S/c1-17-12-3-2-10(13)6-9(12)7-14-11-4-5-18(15,16)8-11/h2-3,6,11,14H,4-5,7-8H2,1H3. The average molecular weight is 290 g/mol. The minimum absolute atomic E-state index is 0.0266. The maximum absolute atomic E-state index is 11.3. The number of sulfone groups is 1. The molecule has 1 aliphatic rings. The molecule has 1 fully saturated rings. The summed E-state index contributed by atoms with van der Waals surface area (Å²) >= 11 is 5.94. The minimum atomic E-state index is -2.84. The molecule has 0 radical (unpaired) electrons. The van der Waals surface area contributed by atoms with Crippen LogP contribution in [-0.4, -0.2) is 33.1 Å². The van der Waals surface area contributed by atoms with Gasteiger partial charge in [0.25, 0.3) is 0 Å². The maximum Gasteiger partial charge on any atom is 0.151 e. The molecule has 1 N–H and O–H groups in total. The third kappa shape index (κ3) is 3.37. The van der Waals surface area contributed by atoms with Crippen molar-refractivity contribution in [3.63, 3.8) is 0 Å². The third-order valence-electron chi connectivity index (χ3n) is 3.06. The number of rotatable bonds is 4. The predicted molar refractivity (Wildman–Crippen MR) is 71.9 cm³/mol. The highest BCUT2D eigenvalue weighted by Gasteiger charge is 2.27. The van der Waals surface area contributed by atoms with Crippen LogP contribution in [0.1, 0.15) is 12.0 Å². The Morgan fingerprint density at radius 3 is 2.89 bits per heavy atom. The van der Waals surface area contributed by atoms with Crippen molar-refractivity contribution in [1.82, 2.24) is 5.32 Å². The monoisotopic (exact) mass is 289 g/mol. The minimum Gasteiger partial charge on any atom is -0.496 e. The molecule has 1 heterocycles. The van der Waals surface area contributed by atoms with Crippen molar-refractivity contribution < 1.29 is 13.2 Å². The molecule has 4 nitrogen and oxygen atoms in total. The van der Waals surface area contributed by atoms with Crippen molar-refractivity contribution >= 4 is 21.4 Å². The summed E-state index contributed by atoms with van der Waals surface area (Å²) in [6, 6.07) is 5.43. The van der Waals surface area contributed by atoms with E-state index in [1.807, 2.05) is 12.1 Å². The lowest BCUT2D eigenvalue weighted by molar-refractivity contribution is 0.406. The lowest BCUT2D eigenvalue weighted by atomic mass is 10.2. The van der Waals surface area contributed by atoms with Gasteiger partial charge >= 0.3 is 0 Å². The SMILES string of the molecule is COc1ccc(Cl)cc1CNC1CCS(=O)(=O)C1. The maximum atomic E-state index is 11.3. The van der Waals surface area contributed by atoms with Crippen LogP contribution in [-0.2, 0) is 16.4 Å². The molecule has 1 unspecified atom stereocenters. The molecule has 1 aromatic rings. The van der Waals surface area contributed by atoms with E-state index in [0.29, 0.717) is 18.0 Å². The van der Waals surface area contributed by atoms with Gasteiger partial charge in [-0.05, 0) is 24.6 Å². The van der Waals surface area contributed by atoms with E-state index in [0.717, 1.165) is 11.3 Å². The molecule has 1 aliphatic heterocycles. The van der Waals surface area contributed by atoms with Crippen molar-refractivity contribution in [1.29, 1.82) is 0 Å². The summed E-state index contributed by atoms with van der Waals surface area (Å²) < 4.78 is 27.9. The Kier molecular flexibility index (Phi) is 4.14. The molecule has 1 atom stereocenters. The van der Waals surface area contributed by atoms with Crippen LogP contribution in [0.5, 0.6) is 5.75 Å². The highest BCUT2D eigenvalue weighted by Crippen LogP contribution is 2.23. The topological polar surface area (TPSA) is 55.4 Å². The fraction of sp³-hybridized carbons (Fsp3) is 0.500. The average Bonchev–Trinajstić information content (AvgIpc) is 2.66. The molecule has 6 heteroatoms. The third-order valence-corrected chi connectivity index (χ3v) is 5.06. The van der Waals surface area contributed by atoms with E-state index in [-0.39, 0.29) is 17.5 Å². The van der Waals surface area contributed by atoms with Gasteiger partial charge < -0.3 is 10.1 Å². The van der Waals surface area contributed by atoms with Gasteiger partial charge in [0.05, 0.1) is 18.6 Å². The summed E-state index contributed by atoms with van der Waals surface area (Å²) in [7, 11) is -1.24. The van der Waals surface area contributed by atoms with Gasteiger partial charge in [-0.3, -0.25) is 0 Å². The second kappa shape index (κ2) is 5.47. The first-order valence-electron chi connectivity index (χ1n) is 5.76. The molecule has 0 aromatic heterocycles. The second-order valence-corrected chi connectivity index (χ2v) is 7.10. The van der Waals surface area contributed by atoms with E-state index in [9.17, 15) is 8.42 Å². The lowest BCUT2D eigenvalue weighted by Gasteiger charge is -2.13. The summed E-state index contributed by atoms with van der Waals surface area (Å²) in [4.78, 5) is 0. The number of hydrogen-bond acceptors (Lipinski definition) is 4. The van der Waals surface area contributed by atoms with Crippen molar-refractivity contribution in [2.24, 2.45) is 0 Å². The number of methoxy groups -OCH3 is 1. The number of benzene rings is 1. The Morgan fingerprint density at radius 1 is 1.50 bits per heavy atom. The van der Waals surface area contributed by atoms with Gasteiger partial charge in [-0.25, -0.2) is 8.42 Å². The van der Waals surface area contributed by atoms with Gasteiger partial charge in [0.2, 0.25) is 0 Å². The van der Waals surface area contributed by atoms with Gasteiger partial charge in [-0.15, -0.1) is 0 Å². The Balaban J connectivity index is 2.00. The summed E-state index contributed by atoms with van der Waals surface area (Å²) in [6.07, 6.45) is 0.672. The van der Waals surface area contributed by atoms with Crippen LogP contribution in [0, 0.1) is 0 Å². The Labute approximate surface area is 112 Å². The van der Waals surface area contributed by atoms with Gasteiger partial charge in [-0.1, -0.05) is 11.6 Å². The first kappa shape index (κ1) is 13.6. The van der Waals surface area contributed by atoms with Crippen LogP contribution in [0.4, 0.5) is 0 Å². The van der Waals surface area contributed by atoms with E-state index in [2.05, 4.69) is 5.32 Å². The van der Waals surface area contributed by atoms with E-state index in [4.69, 9.17) is 16.3 Å². The molecular formula is C12H16ClNO3S. The van der Waals surface area contributed by atoms with Crippen LogP contribution in [0.3, 0.4) is 0 Å².